The van der Waals surface area contributed by atoms with Crippen LogP contribution in [0.1, 0.15) is 97.8 Å². The molecule has 0 N–H and O–H groups in total. The van der Waals surface area contributed by atoms with E-state index in [9.17, 15) is 0 Å². The molecule has 12 nitrogen and oxygen atoms in total. The van der Waals surface area contributed by atoms with Gasteiger partial charge < -0.3 is 56.8 Å². The Hall–Kier alpha value is -6.26. The predicted molar refractivity (Wildman–Crippen MR) is 384 cm³/mol. The first kappa shape index (κ1) is 84.7. The Balaban J connectivity index is 0.000000981. The fourth-order valence-electron chi connectivity index (χ4n) is 6.72. The number of hydrogen-bond donors (Lipinski definition) is 0. The molecular formula is C79H118O12. The minimum Gasteiger partial charge on any atom is -0.497 e. The average Bonchev–Trinajstić information content (AvgIpc) is 3.28. The topological polar surface area (TPSA) is 127 Å². The van der Waals surface area contributed by atoms with Crippen molar-refractivity contribution >= 4 is 32.3 Å². The second-order valence-corrected chi connectivity index (χ2v) is 21.5. The van der Waals surface area contributed by atoms with E-state index in [4.69, 9.17) is 56.8 Å². The summed E-state index contributed by atoms with van der Waals surface area (Å²) in [5, 5.41) is 7.58. The molecule has 5 atom stereocenters. The Morgan fingerprint density at radius 1 is 0.264 bits per heavy atom. The molecule has 13 rings (SSSR count). The quantitative estimate of drug-likeness (QED) is 0.108. The third-order valence-electron chi connectivity index (χ3n) is 11.5. The molecular weight excluding hydrogens is 1140 g/mol. The Kier molecular flexibility index (Phi) is 54.8. The highest BCUT2D eigenvalue weighted by Crippen LogP contribution is 2.21. The van der Waals surface area contributed by atoms with Crippen LogP contribution in [0.25, 0.3) is 32.3 Å². The number of benzene rings is 8. The lowest BCUT2D eigenvalue weighted by molar-refractivity contribution is 0.171. The summed E-state index contributed by atoms with van der Waals surface area (Å²) in [7, 11) is 11.8. The molecule has 0 aliphatic carbocycles. The van der Waals surface area contributed by atoms with Gasteiger partial charge in [0.1, 0.15) is 42.0 Å². The first-order valence-electron chi connectivity index (χ1n) is 32.3. The molecule has 0 aromatic heterocycles. The highest BCUT2D eigenvalue weighted by atomic mass is 16.6. The lowest BCUT2D eigenvalue weighted by Crippen LogP contribution is -1.94. The van der Waals surface area contributed by atoms with Crippen molar-refractivity contribution in [1.82, 2.24) is 0 Å². The summed E-state index contributed by atoms with van der Waals surface area (Å²) in [6.45, 7) is 31.6. The smallest absolute Gasteiger partial charge is 0.119 e. The number of rotatable bonds is 12. The van der Waals surface area contributed by atoms with E-state index in [0.717, 1.165) is 77.6 Å². The zero-order valence-corrected chi connectivity index (χ0v) is 59.1. The Morgan fingerprint density at radius 3 is 0.659 bits per heavy atom. The first-order valence-corrected chi connectivity index (χ1v) is 32.3. The van der Waals surface area contributed by atoms with Crippen LogP contribution < -0.4 is 9.47 Å². The maximum absolute atomic E-state index is 5.12. The molecule has 8 aromatic rings. The molecule has 0 saturated carbocycles. The second kappa shape index (κ2) is 58.8. The van der Waals surface area contributed by atoms with E-state index >= 15 is 0 Å². The molecule has 5 heterocycles. The monoisotopic (exact) mass is 1260 g/mol. The summed E-state index contributed by atoms with van der Waals surface area (Å²) in [4.78, 5) is 0. The maximum atomic E-state index is 5.12. The van der Waals surface area contributed by atoms with E-state index in [-0.39, 0.29) is 0 Å². The molecule has 5 aliphatic heterocycles. The van der Waals surface area contributed by atoms with E-state index < -0.39 is 0 Å². The van der Waals surface area contributed by atoms with Gasteiger partial charge in [0.05, 0.1) is 80.3 Å². The molecule has 0 radical (unpaired) electrons. The largest absolute Gasteiger partial charge is 0.497 e. The zero-order valence-electron chi connectivity index (χ0n) is 59.1. The van der Waals surface area contributed by atoms with Gasteiger partial charge in [0, 0.05) is 35.5 Å². The molecule has 0 bridgehead atoms. The standard InChI is InChI=1S/2C11H10O.C11H10.2C7H8.5C4H8O2.4C3H8/c2*1-12-11-7-6-9-4-2-3-5-10(9)8-11;1-9-6-7-10-4-2-3-5-11(10)8-9;2*1-7-5-3-2-4-6-7;5*1-5-2-4-3-6-4;4*1-3-2/h2*2-8H,1H3;2-8H,1H3;2*2-6H,1H3;5*4H,2-3H2,1H3;4*3H2,1-2H3. The van der Waals surface area contributed by atoms with Gasteiger partial charge in [0.25, 0.3) is 0 Å². The van der Waals surface area contributed by atoms with Crippen LogP contribution in [-0.2, 0) is 47.4 Å². The van der Waals surface area contributed by atoms with Gasteiger partial charge in [0.2, 0.25) is 0 Å². The molecule has 5 saturated heterocycles. The Morgan fingerprint density at radius 2 is 0.473 bits per heavy atom. The minimum absolute atomic E-state index is 0.426. The summed E-state index contributed by atoms with van der Waals surface area (Å²) in [6.07, 6.45) is 7.13. The highest BCUT2D eigenvalue weighted by molar-refractivity contribution is 5.85. The van der Waals surface area contributed by atoms with Crippen molar-refractivity contribution in [3.63, 3.8) is 0 Å². The Labute approximate surface area is 551 Å². The van der Waals surface area contributed by atoms with Crippen LogP contribution in [0.2, 0.25) is 0 Å². The van der Waals surface area contributed by atoms with E-state index in [0.29, 0.717) is 30.5 Å². The molecule has 5 unspecified atom stereocenters. The zero-order chi connectivity index (χ0) is 67.5. The van der Waals surface area contributed by atoms with Crippen LogP contribution in [0.5, 0.6) is 11.5 Å². The van der Waals surface area contributed by atoms with Crippen LogP contribution >= 0.6 is 0 Å². The maximum Gasteiger partial charge on any atom is 0.119 e. The molecule has 91 heavy (non-hydrogen) atoms. The molecule has 0 amide bonds. The minimum atomic E-state index is 0.426. The van der Waals surface area contributed by atoms with Crippen molar-refractivity contribution in [2.24, 2.45) is 0 Å². The summed E-state index contributed by atoms with van der Waals surface area (Å²) in [6, 6.07) is 64.1. The third-order valence-corrected chi connectivity index (χ3v) is 11.5. The van der Waals surface area contributed by atoms with Crippen LogP contribution in [-0.4, -0.2) is 146 Å². The lowest BCUT2D eigenvalue weighted by atomic mass is 10.1. The van der Waals surface area contributed by atoms with E-state index in [1.807, 2.05) is 84.9 Å². The number of ether oxygens (including phenoxy) is 12. The lowest BCUT2D eigenvalue weighted by Gasteiger charge is -2.00. The van der Waals surface area contributed by atoms with E-state index in [1.165, 1.54) is 74.7 Å². The van der Waals surface area contributed by atoms with Gasteiger partial charge in [-0.3, -0.25) is 0 Å². The molecule has 5 fully saturated rings. The number of hydrogen-bond acceptors (Lipinski definition) is 12. The normalized spacial score (nSPS) is 16.1. The van der Waals surface area contributed by atoms with Crippen molar-refractivity contribution in [3.05, 3.63) is 205 Å². The predicted octanol–water partition coefficient (Wildman–Crippen LogP) is 18.7. The molecule has 0 spiro atoms. The van der Waals surface area contributed by atoms with Gasteiger partial charge in [-0.1, -0.05) is 262 Å². The molecule has 12 heteroatoms. The number of aryl methyl sites for hydroxylation is 3. The van der Waals surface area contributed by atoms with Crippen molar-refractivity contribution in [2.75, 3.05) is 116 Å². The number of epoxide rings is 5. The van der Waals surface area contributed by atoms with Gasteiger partial charge in [-0.05, 0) is 77.4 Å². The van der Waals surface area contributed by atoms with Gasteiger partial charge in [-0.2, -0.15) is 0 Å². The third kappa shape index (κ3) is 52.0. The van der Waals surface area contributed by atoms with E-state index in [2.05, 4.69) is 179 Å². The summed E-state index contributed by atoms with van der Waals surface area (Å²) < 4.78 is 58.1. The number of methoxy groups -OCH3 is 7. The number of fused-ring (bicyclic) bond motifs is 3. The first-order chi connectivity index (χ1) is 44.3. The van der Waals surface area contributed by atoms with Crippen LogP contribution in [0, 0.1) is 20.8 Å². The Bertz CT molecular complexity index is 2630. The SMILES string of the molecule is CCC.CCC.CCC.CCC.COCC1CO1.COCC1CO1.COCC1CO1.COCC1CO1.COCC1CO1.COc1ccc2ccccc2c1.COc1ccc2ccccc2c1.Cc1ccc2ccccc2c1.Cc1ccccc1.Cc1ccccc1. The highest BCUT2D eigenvalue weighted by Gasteiger charge is 2.23. The summed E-state index contributed by atoms with van der Waals surface area (Å²) >= 11 is 0. The fraction of sp³-hybridized carbons (Fsp3) is 0.468. The van der Waals surface area contributed by atoms with Gasteiger partial charge in [-0.25, -0.2) is 0 Å². The summed E-state index contributed by atoms with van der Waals surface area (Å²) in [5.41, 5.74) is 3.97. The fourth-order valence-corrected chi connectivity index (χ4v) is 6.72. The van der Waals surface area contributed by atoms with Crippen molar-refractivity contribution < 1.29 is 56.8 Å². The second-order valence-electron chi connectivity index (χ2n) is 21.5. The average molecular weight is 1260 g/mol. The van der Waals surface area contributed by atoms with E-state index in [1.54, 1.807) is 49.8 Å². The van der Waals surface area contributed by atoms with Gasteiger partial charge in [0.15, 0.2) is 0 Å². The van der Waals surface area contributed by atoms with Gasteiger partial charge >= 0.3 is 0 Å². The van der Waals surface area contributed by atoms with Crippen LogP contribution in [0.3, 0.4) is 0 Å². The van der Waals surface area contributed by atoms with Crippen LogP contribution in [0.4, 0.5) is 0 Å². The van der Waals surface area contributed by atoms with Crippen LogP contribution in [0.15, 0.2) is 188 Å². The summed E-state index contributed by atoms with van der Waals surface area (Å²) in [5.74, 6) is 1.82. The molecule has 506 valence electrons. The van der Waals surface area contributed by atoms with Crippen molar-refractivity contribution in [3.8, 4) is 11.5 Å². The van der Waals surface area contributed by atoms with Crippen molar-refractivity contribution in [2.45, 2.75) is 132 Å². The molecule has 5 aliphatic rings. The molecule has 8 aromatic carbocycles. The van der Waals surface area contributed by atoms with Gasteiger partial charge in [-0.15, -0.1) is 0 Å². The van der Waals surface area contributed by atoms with Crippen molar-refractivity contribution in [1.29, 1.82) is 0 Å².